The van der Waals surface area contributed by atoms with Crippen molar-refractivity contribution < 1.29 is 14.3 Å². The van der Waals surface area contributed by atoms with Gasteiger partial charge in [0.25, 0.3) is 0 Å². The van der Waals surface area contributed by atoms with E-state index in [2.05, 4.69) is 0 Å². The first-order valence-electron chi connectivity index (χ1n) is 7.26. The Labute approximate surface area is 124 Å². The Hall–Kier alpha value is -2.01. The SMILES string of the molecule is CC(N)C1CCN(C(=O)/C=C/c2ccc3c(c2)OCO3)C1. The standard InChI is InChI=1S/C16H20N2O3/c1-11(17)13-6-7-18(9-13)16(19)5-3-12-2-4-14-15(8-12)21-10-20-14/h2-5,8,11,13H,6-7,9-10,17H2,1H3/b5-3+. The largest absolute Gasteiger partial charge is 0.454 e. The number of likely N-dealkylation sites (tertiary alicyclic amines) is 1. The highest BCUT2D eigenvalue weighted by molar-refractivity contribution is 5.92. The number of rotatable bonds is 3. The molecule has 2 aliphatic heterocycles. The van der Waals surface area contributed by atoms with Crippen LogP contribution in [0.4, 0.5) is 0 Å². The average molecular weight is 288 g/mol. The normalized spacial score (nSPS) is 22.0. The number of benzene rings is 1. The molecule has 1 aromatic rings. The number of amides is 1. The zero-order chi connectivity index (χ0) is 14.8. The van der Waals surface area contributed by atoms with Crippen molar-refractivity contribution in [3.8, 4) is 11.5 Å². The van der Waals surface area contributed by atoms with E-state index in [1.807, 2.05) is 36.1 Å². The third-order valence-corrected chi connectivity index (χ3v) is 4.09. The molecule has 0 bridgehead atoms. The molecule has 21 heavy (non-hydrogen) atoms. The van der Waals surface area contributed by atoms with Crippen molar-refractivity contribution in [1.29, 1.82) is 0 Å². The molecule has 2 heterocycles. The average Bonchev–Trinajstić information content (AvgIpc) is 3.12. The molecule has 0 saturated carbocycles. The molecule has 1 aromatic carbocycles. The minimum absolute atomic E-state index is 0.0378. The van der Waals surface area contributed by atoms with Crippen molar-refractivity contribution in [1.82, 2.24) is 4.90 Å². The van der Waals surface area contributed by atoms with Crippen LogP contribution in [0.3, 0.4) is 0 Å². The fraction of sp³-hybridized carbons (Fsp3) is 0.438. The first kappa shape index (κ1) is 13.9. The van der Waals surface area contributed by atoms with Crippen molar-refractivity contribution in [2.75, 3.05) is 19.9 Å². The number of nitrogens with two attached hydrogens (primary N) is 1. The monoisotopic (exact) mass is 288 g/mol. The summed E-state index contributed by atoms with van der Waals surface area (Å²) in [6, 6.07) is 5.78. The maximum absolute atomic E-state index is 12.2. The summed E-state index contributed by atoms with van der Waals surface area (Å²) in [6.07, 6.45) is 4.41. The van der Waals surface area contributed by atoms with Gasteiger partial charge in [0, 0.05) is 25.2 Å². The first-order valence-corrected chi connectivity index (χ1v) is 7.26. The van der Waals surface area contributed by atoms with E-state index >= 15 is 0 Å². The van der Waals surface area contributed by atoms with Gasteiger partial charge in [-0.1, -0.05) is 6.07 Å². The summed E-state index contributed by atoms with van der Waals surface area (Å²) in [5, 5.41) is 0. The highest BCUT2D eigenvalue weighted by atomic mass is 16.7. The van der Waals surface area contributed by atoms with Gasteiger partial charge in [-0.3, -0.25) is 4.79 Å². The van der Waals surface area contributed by atoms with Crippen LogP contribution >= 0.6 is 0 Å². The van der Waals surface area contributed by atoms with Gasteiger partial charge < -0.3 is 20.1 Å². The van der Waals surface area contributed by atoms with Crippen LogP contribution in [0, 0.1) is 5.92 Å². The van der Waals surface area contributed by atoms with Crippen LogP contribution in [0.1, 0.15) is 18.9 Å². The Balaban J connectivity index is 1.62. The molecule has 0 spiro atoms. The molecule has 0 aromatic heterocycles. The van der Waals surface area contributed by atoms with E-state index in [-0.39, 0.29) is 18.7 Å². The predicted molar refractivity (Wildman–Crippen MR) is 79.9 cm³/mol. The highest BCUT2D eigenvalue weighted by Crippen LogP contribution is 2.32. The van der Waals surface area contributed by atoms with Gasteiger partial charge in [-0.2, -0.15) is 0 Å². The molecule has 3 rings (SSSR count). The van der Waals surface area contributed by atoms with Crippen LogP contribution in [-0.2, 0) is 4.79 Å². The van der Waals surface area contributed by atoms with Gasteiger partial charge in [0.2, 0.25) is 12.7 Å². The van der Waals surface area contributed by atoms with Crippen molar-refractivity contribution in [2.24, 2.45) is 11.7 Å². The Morgan fingerprint density at radius 1 is 1.43 bits per heavy atom. The Kier molecular flexibility index (Phi) is 3.84. The Morgan fingerprint density at radius 3 is 3.00 bits per heavy atom. The van der Waals surface area contributed by atoms with Crippen molar-refractivity contribution >= 4 is 12.0 Å². The summed E-state index contributed by atoms with van der Waals surface area (Å²) in [5.41, 5.74) is 6.82. The lowest BCUT2D eigenvalue weighted by Crippen LogP contribution is -2.32. The van der Waals surface area contributed by atoms with Gasteiger partial charge in [0.15, 0.2) is 11.5 Å². The zero-order valence-electron chi connectivity index (χ0n) is 12.1. The van der Waals surface area contributed by atoms with Crippen molar-refractivity contribution in [2.45, 2.75) is 19.4 Å². The minimum atomic E-state index is 0.0378. The van der Waals surface area contributed by atoms with E-state index in [0.29, 0.717) is 5.92 Å². The summed E-state index contributed by atoms with van der Waals surface area (Å²) in [6.45, 7) is 3.80. The van der Waals surface area contributed by atoms with Crippen molar-refractivity contribution in [3.63, 3.8) is 0 Å². The smallest absolute Gasteiger partial charge is 0.246 e. The maximum atomic E-state index is 12.2. The number of hydrogen-bond acceptors (Lipinski definition) is 4. The molecule has 1 saturated heterocycles. The van der Waals surface area contributed by atoms with Gasteiger partial charge >= 0.3 is 0 Å². The summed E-state index contributed by atoms with van der Waals surface area (Å²) in [5.74, 6) is 1.92. The van der Waals surface area contributed by atoms with Crippen LogP contribution < -0.4 is 15.2 Å². The van der Waals surface area contributed by atoms with Crippen LogP contribution in [0.25, 0.3) is 6.08 Å². The second-order valence-electron chi connectivity index (χ2n) is 5.64. The van der Waals surface area contributed by atoms with Gasteiger partial charge in [-0.15, -0.1) is 0 Å². The van der Waals surface area contributed by atoms with Gasteiger partial charge in [0.05, 0.1) is 0 Å². The second-order valence-corrected chi connectivity index (χ2v) is 5.64. The number of carbonyl (C=O) groups is 1. The molecule has 5 nitrogen and oxygen atoms in total. The Morgan fingerprint density at radius 2 is 2.24 bits per heavy atom. The maximum Gasteiger partial charge on any atom is 0.246 e. The van der Waals surface area contributed by atoms with Crippen molar-refractivity contribution in [3.05, 3.63) is 29.8 Å². The highest BCUT2D eigenvalue weighted by Gasteiger charge is 2.27. The topological polar surface area (TPSA) is 64.8 Å². The lowest BCUT2D eigenvalue weighted by molar-refractivity contribution is -0.125. The minimum Gasteiger partial charge on any atom is -0.454 e. The summed E-state index contributed by atoms with van der Waals surface area (Å²) >= 11 is 0. The summed E-state index contributed by atoms with van der Waals surface area (Å²) < 4.78 is 10.6. The Bertz CT molecular complexity index is 569. The summed E-state index contributed by atoms with van der Waals surface area (Å²) in [4.78, 5) is 14.0. The second kappa shape index (κ2) is 5.77. The molecule has 5 heteroatoms. The van der Waals surface area contributed by atoms with E-state index in [9.17, 15) is 4.79 Å². The van der Waals surface area contributed by atoms with Crippen LogP contribution in [-0.4, -0.2) is 36.7 Å². The number of hydrogen-bond donors (Lipinski definition) is 1. The third-order valence-electron chi connectivity index (χ3n) is 4.09. The fourth-order valence-corrected chi connectivity index (χ4v) is 2.71. The molecule has 1 amide bonds. The van der Waals surface area contributed by atoms with Gasteiger partial charge in [-0.25, -0.2) is 0 Å². The van der Waals surface area contributed by atoms with Gasteiger partial charge in [0.1, 0.15) is 0 Å². The van der Waals surface area contributed by atoms with E-state index < -0.39 is 0 Å². The number of fused-ring (bicyclic) bond motifs is 1. The quantitative estimate of drug-likeness (QED) is 0.859. The summed E-state index contributed by atoms with van der Waals surface area (Å²) in [7, 11) is 0. The third kappa shape index (κ3) is 3.03. The molecule has 2 atom stereocenters. The molecule has 2 aliphatic rings. The molecule has 112 valence electrons. The first-order chi connectivity index (χ1) is 10.1. The fourth-order valence-electron chi connectivity index (χ4n) is 2.71. The van der Waals surface area contributed by atoms with E-state index in [4.69, 9.17) is 15.2 Å². The molecular formula is C16H20N2O3. The molecule has 2 unspecified atom stereocenters. The molecular weight excluding hydrogens is 268 g/mol. The number of ether oxygens (including phenoxy) is 2. The lowest BCUT2D eigenvalue weighted by Gasteiger charge is -2.16. The molecule has 2 N–H and O–H groups in total. The predicted octanol–water partition coefficient (Wildman–Crippen LogP) is 1.62. The number of nitrogens with zero attached hydrogens (tertiary/aromatic N) is 1. The van der Waals surface area contributed by atoms with Crippen LogP contribution in [0.5, 0.6) is 11.5 Å². The van der Waals surface area contributed by atoms with E-state index in [0.717, 1.165) is 36.6 Å². The van der Waals surface area contributed by atoms with Gasteiger partial charge in [-0.05, 0) is 43.0 Å². The van der Waals surface area contributed by atoms with E-state index in [1.54, 1.807) is 6.08 Å². The van der Waals surface area contributed by atoms with Crippen LogP contribution in [0.2, 0.25) is 0 Å². The zero-order valence-corrected chi connectivity index (χ0v) is 12.1. The molecule has 0 radical (unpaired) electrons. The van der Waals surface area contributed by atoms with Crippen LogP contribution in [0.15, 0.2) is 24.3 Å². The lowest BCUT2D eigenvalue weighted by atomic mass is 10.0. The van der Waals surface area contributed by atoms with E-state index in [1.165, 1.54) is 0 Å². The molecule has 0 aliphatic carbocycles. The molecule has 1 fully saturated rings. The number of carbonyl (C=O) groups excluding carboxylic acids is 1.